The number of ether oxygens (including phenoxy) is 2. The van der Waals surface area contributed by atoms with Gasteiger partial charge in [-0.25, -0.2) is 9.59 Å². The summed E-state index contributed by atoms with van der Waals surface area (Å²) in [6.07, 6.45) is 6.45. The van der Waals surface area contributed by atoms with Crippen LogP contribution < -0.4 is 5.73 Å². The van der Waals surface area contributed by atoms with Gasteiger partial charge in [-0.1, -0.05) is 18.6 Å². The van der Waals surface area contributed by atoms with Crippen LogP contribution in [0.15, 0.2) is 12.7 Å². The molecule has 0 aliphatic rings. The largest absolute Gasteiger partial charge is 0.457 e. The Morgan fingerprint density at radius 1 is 1.47 bits per heavy atom. The third kappa shape index (κ3) is 3.36. The minimum atomic E-state index is -0.646. The molecule has 0 atom stereocenters. The molecule has 0 bridgehead atoms. The summed E-state index contributed by atoms with van der Waals surface area (Å²) in [7, 11) is 0. The molecule has 1 aromatic rings. The standard InChI is InChI=1S/C13H13NO4S/c1-4-6-17-12(15)9-8(3)10(19-11(9)14)13(16)18-7-5-2/h1,5H,2,6-7,14H2,3H3. The minimum absolute atomic E-state index is 0.0902. The number of thiophene rings is 1. The van der Waals surface area contributed by atoms with Crippen LogP contribution >= 0.6 is 11.3 Å². The fourth-order valence-electron chi connectivity index (χ4n) is 1.36. The van der Waals surface area contributed by atoms with Gasteiger partial charge in [0.1, 0.15) is 16.5 Å². The molecule has 0 aromatic carbocycles. The summed E-state index contributed by atoms with van der Waals surface area (Å²) < 4.78 is 9.70. The molecule has 0 fully saturated rings. The van der Waals surface area contributed by atoms with E-state index in [0.29, 0.717) is 5.56 Å². The van der Waals surface area contributed by atoms with Crippen LogP contribution in [0.3, 0.4) is 0 Å². The maximum atomic E-state index is 11.7. The molecule has 19 heavy (non-hydrogen) atoms. The van der Waals surface area contributed by atoms with Crippen LogP contribution in [0.2, 0.25) is 0 Å². The number of terminal acetylenes is 1. The van der Waals surface area contributed by atoms with E-state index in [0.717, 1.165) is 11.3 Å². The van der Waals surface area contributed by atoms with Crippen LogP contribution in [0.5, 0.6) is 0 Å². The van der Waals surface area contributed by atoms with Gasteiger partial charge < -0.3 is 15.2 Å². The van der Waals surface area contributed by atoms with E-state index in [2.05, 4.69) is 12.5 Å². The third-order valence-electron chi connectivity index (χ3n) is 2.18. The van der Waals surface area contributed by atoms with E-state index in [-0.39, 0.29) is 28.7 Å². The van der Waals surface area contributed by atoms with Gasteiger partial charge in [0.25, 0.3) is 0 Å². The number of nitrogens with two attached hydrogens (primary N) is 1. The molecule has 0 unspecified atom stereocenters. The number of esters is 2. The molecular weight excluding hydrogens is 266 g/mol. The van der Waals surface area contributed by atoms with Crippen molar-refractivity contribution in [2.75, 3.05) is 18.9 Å². The molecule has 5 nitrogen and oxygen atoms in total. The highest BCUT2D eigenvalue weighted by Crippen LogP contribution is 2.31. The topological polar surface area (TPSA) is 78.6 Å². The smallest absolute Gasteiger partial charge is 0.348 e. The summed E-state index contributed by atoms with van der Waals surface area (Å²) in [6.45, 7) is 4.98. The Labute approximate surface area is 115 Å². The van der Waals surface area contributed by atoms with Crippen molar-refractivity contribution in [2.45, 2.75) is 6.92 Å². The van der Waals surface area contributed by atoms with Crippen LogP contribution in [-0.4, -0.2) is 25.2 Å². The molecule has 0 amide bonds. The summed E-state index contributed by atoms with van der Waals surface area (Å²) in [4.78, 5) is 23.7. The maximum absolute atomic E-state index is 11.7. The van der Waals surface area contributed by atoms with Crippen molar-refractivity contribution < 1.29 is 19.1 Å². The first-order valence-corrected chi connectivity index (χ1v) is 6.12. The molecule has 0 aliphatic heterocycles. The van der Waals surface area contributed by atoms with Crippen LogP contribution in [0, 0.1) is 19.3 Å². The highest BCUT2D eigenvalue weighted by atomic mass is 32.1. The lowest BCUT2D eigenvalue weighted by Crippen LogP contribution is -2.09. The number of rotatable bonds is 5. The number of hydrogen-bond acceptors (Lipinski definition) is 6. The van der Waals surface area contributed by atoms with E-state index in [9.17, 15) is 9.59 Å². The Balaban J connectivity index is 3.00. The zero-order valence-corrected chi connectivity index (χ0v) is 11.2. The summed E-state index contributed by atoms with van der Waals surface area (Å²) in [5.41, 5.74) is 6.31. The Kier molecular flexibility index (Phi) is 5.15. The Morgan fingerprint density at radius 2 is 2.16 bits per heavy atom. The van der Waals surface area contributed by atoms with Crippen molar-refractivity contribution in [1.29, 1.82) is 0 Å². The van der Waals surface area contributed by atoms with E-state index < -0.39 is 11.9 Å². The molecule has 0 radical (unpaired) electrons. The van der Waals surface area contributed by atoms with E-state index in [1.165, 1.54) is 6.08 Å². The van der Waals surface area contributed by atoms with E-state index in [1.54, 1.807) is 6.92 Å². The fourth-order valence-corrected chi connectivity index (χ4v) is 2.32. The fraction of sp³-hybridized carbons (Fsp3) is 0.231. The zero-order chi connectivity index (χ0) is 14.4. The summed E-state index contributed by atoms with van der Waals surface area (Å²) >= 11 is 0.978. The van der Waals surface area contributed by atoms with Crippen molar-refractivity contribution in [1.82, 2.24) is 0 Å². The number of carbonyl (C=O) groups is 2. The average molecular weight is 279 g/mol. The van der Waals surface area contributed by atoms with Gasteiger partial charge in [-0.3, -0.25) is 0 Å². The second-order valence-corrected chi connectivity index (χ2v) is 4.52. The molecule has 0 spiro atoms. The number of anilines is 1. The highest BCUT2D eigenvalue weighted by Gasteiger charge is 2.24. The second-order valence-electron chi connectivity index (χ2n) is 3.46. The predicted octanol–water partition coefficient (Wildman–Crippen LogP) is 1.77. The number of hydrogen-bond donors (Lipinski definition) is 1. The van der Waals surface area contributed by atoms with Crippen molar-refractivity contribution in [3.63, 3.8) is 0 Å². The van der Waals surface area contributed by atoms with Crippen LogP contribution in [0.25, 0.3) is 0 Å². The van der Waals surface area contributed by atoms with Gasteiger partial charge in [0.15, 0.2) is 6.61 Å². The monoisotopic (exact) mass is 279 g/mol. The number of carbonyl (C=O) groups excluding carboxylic acids is 2. The van der Waals surface area contributed by atoms with Crippen LogP contribution in [-0.2, 0) is 9.47 Å². The Morgan fingerprint density at radius 3 is 2.74 bits per heavy atom. The van der Waals surface area contributed by atoms with Gasteiger partial charge >= 0.3 is 11.9 Å². The van der Waals surface area contributed by atoms with Crippen LogP contribution in [0.1, 0.15) is 25.6 Å². The molecule has 1 heterocycles. The van der Waals surface area contributed by atoms with Crippen LogP contribution in [0.4, 0.5) is 5.00 Å². The third-order valence-corrected chi connectivity index (χ3v) is 3.28. The molecule has 2 N–H and O–H groups in total. The lowest BCUT2D eigenvalue weighted by atomic mass is 10.1. The van der Waals surface area contributed by atoms with Crippen molar-refractivity contribution in [2.24, 2.45) is 0 Å². The quantitative estimate of drug-likeness (QED) is 0.505. The minimum Gasteiger partial charge on any atom is -0.457 e. The van der Waals surface area contributed by atoms with E-state index in [4.69, 9.17) is 21.6 Å². The summed E-state index contributed by atoms with van der Waals surface area (Å²) in [6, 6.07) is 0. The first kappa shape index (κ1) is 14.8. The van der Waals surface area contributed by atoms with Crippen molar-refractivity contribution in [3.8, 4) is 12.3 Å². The summed E-state index contributed by atoms with van der Waals surface area (Å²) in [5, 5.41) is 0.199. The SMILES string of the molecule is C#CCOC(=O)c1c(N)sc(C(=O)OCC=C)c1C. The van der Waals surface area contributed by atoms with E-state index in [1.807, 2.05) is 0 Å². The lowest BCUT2D eigenvalue weighted by molar-refractivity contribution is 0.0554. The molecular formula is C13H13NO4S. The number of nitrogen functional groups attached to an aromatic ring is 1. The molecule has 0 saturated heterocycles. The lowest BCUT2D eigenvalue weighted by Gasteiger charge is -2.02. The van der Waals surface area contributed by atoms with Gasteiger partial charge in [0.2, 0.25) is 0 Å². The molecule has 6 heteroatoms. The molecule has 0 saturated carbocycles. The first-order valence-electron chi connectivity index (χ1n) is 5.30. The van der Waals surface area contributed by atoms with Gasteiger partial charge in [-0.2, -0.15) is 0 Å². The normalized spacial score (nSPS) is 9.47. The molecule has 1 aromatic heterocycles. The van der Waals surface area contributed by atoms with Crippen molar-refractivity contribution >= 4 is 28.3 Å². The maximum Gasteiger partial charge on any atom is 0.348 e. The molecule has 1 rings (SSSR count). The van der Waals surface area contributed by atoms with Gasteiger partial charge in [-0.15, -0.1) is 17.8 Å². The van der Waals surface area contributed by atoms with E-state index >= 15 is 0 Å². The highest BCUT2D eigenvalue weighted by molar-refractivity contribution is 7.18. The molecule has 0 aliphatic carbocycles. The van der Waals surface area contributed by atoms with Gasteiger partial charge in [-0.05, 0) is 12.5 Å². The Bertz CT molecular complexity index is 554. The average Bonchev–Trinajstić information content (AvgIpc) is 2.68. The van der Waals surface area contributed by atoms with Gasteiger partial charge in [0, 0.05) is 0 Å². The molecule has 100 valence electrons. The predicted molar refractivity (Wildman–Crippen MR) is 73.1 cm³/mol. The first-order chi connectivity index (χ1) is 9.02. The van der Waals surface area contributed by atoms with Gasteiger partial charge in [0.05, 0.1) is 5.56 Å². The second kappa shape index (κ2) is 6.61. The summed E-state index contributed by atoms with van der Waals surface area (Å²) in [5.74, 6) is 0.984. The van der Waals surface area contributed by atoms with Crippen molar-refractivity contribution in [3.05, 3.63) is 28.7 Å². The zero-order valence-electron chi connectivity index (χ0n) is 10.4. The Hall–Kier alpha value is -2.26.